The van der Waals surface area contributed by atoms with Gasteiger partial charge in [0.1, 0.15) is 5.41 Å². The summed E-state index contributed by atoms with van der Waals surface area (Å²) in [5.74, 6) is 0.610. The van der Waals surface area contributed by atoms with E-state index in [0.29, 0.717) is 5.92 Å². The Hall–Kier alpha value is -1.08. The summed E-state index contributed by atoms with van der Waals surface area (Å²) in [5, 5.41) is 8.96. The number of nitrogens with zero attached hydrogens (tertiary/aromatic N) is 3. The number of rotatable bonds is 4. The molecule has 1 fully saturated rings. The summed E-state index contributed by atoms with van der Waals surface area (Å²) < 4.78 is 0. The molecule has 0 aromatic heterocycles. The fraction of sp³-hybridized carbons (Fsp3) is 0.857. The zero-order chi connectivity index (χ0) is 13.8. The molecule has 4 nitrogen and oxygen atoms in total. The van der Waals surface area contributed by atoms with Gasteiger partial charge in [-0.15, -0.1) is 0 Å². The fourth-order valence-electron chi connectivity index (χ4n) is 2.51. The van der Waals surface area contributed by atoms with Gasteiger partial charge in [0.25, 0.3) is 0 Å². The molecule has 0 aliphatic carbocycles. The van der Waals surface area contributed by atoms with E-state index in [-0.39, 0.29) is 5.91 Å². The maximum absolute atomic E-state index is 12.0. The third kappa shape index (κ3) is 3.99. The Morgan fingerprint density at radius 1 is 1.56 bits per heavy atom. The van der Waals surface area contributed by atoms with Crippen molar-refractivity contribution in [2.45, 2.75) is 33.1 Å². The second kappa shape index (κ2) is 6.19. The van der Waals surface area contributed by atoms with E-state index in [1.165, 1.54) is 19.4 Å². The number of carbonyl (C=O) groups excluding carboxylic acids is 1. The van der Waals surface area contributed by atoms with Crippen molar-refractivity contribution in [1.82, 2.24) is 9.80 Å². The highest BCUT2D eigenvalue weighted by Gasteiger charge is 2.30. The van der Waals surface area contributed by atoms with Gasteiger partial charge in [-0.05, 0) is 52.6 Å². The lowest BCUT2D eigenvalue weighted by Gasteiger charge is -2.31. The van der Waals surface area contributed by atoms with Crippen LogP contribution in [0.1, 0.15) is 33.1 Å². The molecule has 1 heterocycles. The summed E-state index contributed by atoms with van der Waals surface area (Å²) >= 11 is 0. The molecule has 1 aliphatic heterocycles. The van der Waals surface area contributed by atoms with Crippen LogP contribution in [0.3, 0.4) is 0 Å². The predicted molar refractivity (Wildman–Crippen MR) is 71.9 cm³/mol. The number of piperidine rings is 1. The second-order valence-corrected chi connectivity index (χ2v) is 6.02. The number of nitriles is 1. The van der Waals surface area contributed by atoms with Crippen LogP contribution in [0.2, 0.25) is 0 Å². The molecule has 0 bridgehead atoms. The number of carbonyl (C=O) groups is 1. The van der Waals surface area contributed by atoms with Crippen LogP contribution in [0, 0.1) is 22.7 Å². The van der Waals surface area contributed by atoms with Crippen molar-refractivity contribution in [1.29, 1.82) is 5.26 Å². The first-order valence-corrected chi connectivity index (χ1v) is 6.72. The predicted octanol–water partition coefficient (Wildman–Crippen LogP) is 1.73. The average molecular weight is 251 g/mol. The molecular weight excluding hydrogens is 226 g/mol. The molecule has 0 spiro atoms. The van der Waals surface area contributed by atoms with Crippen LogP contribution in [-0.4, -0.2) is 49.4 Å². The molecule has 1 unspecified atom stereocenters. The molecule has 0 saturated carbocycles. The Bertz CT molecular complexity index is 332. The highest BCUT2D eigenvalue weighted by Crippen LogP contribution is 2.21. The van der Waals surface area contributed by atoms with Crippen molar-refractivity contribution in [3.8, 4) is 6.07 Å². The zero-order valence-corrected chi connectivity index (χ0v) is 12.1. The van der Waals surface area contributed by atoms with Crippen LogP contribution < -0.4 is 0 Å². The van der Waals surface area contributed by atoms with E-state index in [2.05, 4.69) is 18.0 Å². The van der Waals surface area contributed by atoms with Gasteiger partial charge in [-0.25, -0.2) is 0 Å². The summed E-state index contributed by atoms with van der Waals surface area (Å²) in [7, 11) is 3.95. The van der Waals surface area contributed by atoms with Gasteiger partial charge in [0.2, 0.25) is 5.91 Å². The summed E-state index contributed by atoms with van der Waals surface area (Å²) in [6.45, 7) is 6.43. The van der Waals surface area contributed by atoms with Crippen molar-refractivity contribution in [2.75, 3.05) is 33.7 Å². The smallest absolute Gasteiger partial charge is 0.242 e. The highest BCUT2D eigenvalue weighted by atomic mass is 16.2. The summed E-state index contributed by atoms with van der Waals surface area (Å²) in [6, 6.07) is 2.07. The van der Waals surface area contributed by atoms with Gasteiger partial charge >= 0.3 is 0 Å². The molecule has 1 saturated heterocycles. The average Bonchev–Trinajstić information content (AvgIpc) is 2.35. The second-order valence-electron chi connectivity index (χ2n) is 6.02. The first kappa shape index (κ1) is 15.0. The number of likely N-dealkylation sites (tertiary alicyclic amines) is 1. The summed E-state index contributed by atoms with van der Waals surface area (Å²) in [6.07, 6.45) is 3.55. The number of hydrogen-bond donors (Lipinski definition) is 0. The third-order valence-electron chi connectivity index (χ3n) is 3.76. The van der Waals surface area contributed by atoms with E-state index < -0.39 is 5.41 Å². The quantitative estimate of drug-likeness (QED) is 0.764. The minimum atomic E-state index is -0.905. The van der Waals surface area contributed by atoms with E-state index in [1.807, 2.05) is 0 Å². The lowest BCUT2D eigenvalue weighted by Crippen LogP contribution is -2.40. The Labute approximate surface area is 111 Å². The van der Waals surface area contributed by atoms with Crippen molar-refractivity contribution < 1.29 is 4.79 Å². The van der Waals surface area contributed by atoms with E-state index in [1.54, 1.807) is 25.8 Å². The van der Waals surface area contributed by atoms with Gasteiger partial charge in [-0.3, -0.25) is 4.79 Å². The van der Waals surface area contributed by atoms with Gasteiger partial charge < -0.3 is 9.80 Å². The molecule has 0 aromatic rings. The SMILES string of the molecule is CN1CCCC(CCN(C)C(=O)C(C)(C)C#N)C1. The van der Waals surface area contributed by atoms with Gasteiger partial charge in [0.05, 0.1) is 6.07 Å². The topological polar surface area (TPSA) is 47.3 Å². The van der Waals surface area contributed by atoms with Crippen LogP contribution in [-0.2, 0) is 4.79 Å². The largest absolute Gasteiger partial charge is 0.344 e. The normalized spacial score (nSPS) is 21.4. The monoisotopic (exact) mass is 251 g/mol. The van der Waals surface area contributed by atoms with Gasteiger partial charge in [-0.2, -0.15) is 5.26 Å². The van der Waals surface area contributed by atoms with E-state index in [9.17, 15) is 4.79 Å². The van der Waals surface area contributed by atoms with Crippen molar-refractivity contribution >= 4 is 5.91 Å². The number of amides is 1. The molecule has 1 atom stereocenters. The molecule has 1 rings (SSSR count). The Balaban J connectivity index is 2.39. The third-order valence-corrected chi connectivity index (χ3v) is 3.76. The minimum absolute atomic E-state index is 0.0748. The fourth-order valence-corrected chi connectivity index (χ4v) is 2.51. The van der Waals surface area contributed by atoms with Crippen LogP contribution in [0.25, 0.3) is 0 Å². The first-order chi connectivity index (χ1) is 8.36. The molecule has 1 aliphatic rings. The molecule has 18 heavy (non-hydrogen) atoms. The summed E-state index contributed by atoms with van der Waals surface area (Å²) in [5.41, 5.74) is -0.905. The molecule has 0 radical (unpaired) electrons. The van der Waals surface area contributed by atoms with E-state index in [0.717, 1.165) is 19.5 Å². The van der Waals surface area contributed by atoms with Gasteiger partial charge in [-0.1, -0.05) is 0 Å². The maximum Gasteiger partial charge on any atom is 0.242 e. The molecule has 0 aromatic carbocycles. The van der Waals surface area contributed by atoms with Crippen LogP contribution in [0.4, 0.5) is 0 Å². The summed E-state index contributed by atoms with van der Waals surface area (Å²) in [4.78, 5) is 16.1. The molecular formula is C14H25N3O. The number of hydrogen-bond acceptors (Lipinski definition) is 3. The van der Waals surface area contributed by atoms with Gasteiger partial charge in [0, 0.05) is 20.1 Å². The van der Waals surface area contributed by atoms with E-state index in [4.69, 9.17) is 5.26 Å². The first-order valence-electron chi connectivity index (χ1n) is 6.72. The molecule has 102 valence electrons. The van der Waals surface area contributed by atoms with Crippen LogP contribution in [0.5, 0.6) is 0 Å². The Kier molecular flexibility index (Phi) is 5.15. The Morgan fingerprint density at radius 3 is 2.78 bits per heavy atom. The zero-order valence-electron chi connectivity index (χ0n) is 12.1. The van der Waals surface area contributed by atoms with Crippen LogP contribution >= 0.6 is 0 Å². The van der Waals surface area contributed by atoms with Gasteiger partial charge in [0.15, 0.2) is 0 Å². The standard InChI is InChI=1S/C14H25N3O/c1-14(2,11-15)13(18)17(4)9-7-12-6-5-8-16(3)10-12/h12H,5-10H2,1-4H3. The molecule has 4 heteroatoms. The highest BCUT2D eigenvalue weighted by molar-refractivity contribution is 5.84. The lowest BCUT2D eigenvalue weighted by atomic mass is 9.92. The van der Waals surface area contributed by atoms with E-state index >= 15 is 0 Å². The maximum atomic E-state index is 12.0. The van der Waals surface area contributed by atoms with Crippen molar-refractivity contribution in [3.63, 3.8) is 0 Å². The lowest BCUT2D eigenvalue weighted by molar-refractivity contribution is -0.136. The van der Waals surface area contributed by atoms with Crippen LogP contribution in [0.15, 0.2) is 0 Å². The molecule has 0 N–H and O–H groups in total. The Morgan fingerprint density at radius 2 is 2.22 bits per heavy atom. The van der Waals surface area contributed by atoms with Crippen molar-refractivity contribution in [3.05, 3.63) is 0 Å². The minimum Gasteiger partial charge on any atom is -0.344 e. The van der Waals surface area contributed by atoms with Crippen molar-refractivity contribution in [2.24, 2.45) is 11.3 Å². The molecule has 1 amide bonds.